The number of anilines is 1. The highest BCUT2D eigenvalue weighted by Crippen LogP contribution is 2.20. The summed E-state index contributed by atoms with van der Waals surface area (Å²) in [4.78, 5) is 6.42. The first-order chi connectivity index (χ1) is 7.10. The lowest BCUT2D eigenvalue weighted by Crippen LogP contribution is -2.22. The second-order valence-electron chi connectivity index (χ2n) is 3.65. The second kappa shape index (κ2) is 4.81. The van der Waals surface area contributed by atoms with Gasteiger partial charge in [-0.3, -0.25) is 0 Å². The molecule has 0 aromatic carbocycles. The third-order valence-corrected chi connectivity index (χ3v) is 2.35. The molecule has 0 saturated carbocycles. The average Bonchev–Trinajstić information content (AvgIpc) is 2.17. The third-order valence-electron chi connectivity index (χ3n) is 2.35. The predicted molar refractivity (Wildman–Crippen MR) is 63.7 cm³/mol. The molecule has 0 atom stereocenters. The normalized spacial score (nSPS) is 9.80. The number of nitrogens with zero attached hydrogens (tertiary/aromatic N) is 2. The summed E-state index contributed by atoms with van der Waals surface area (Å²) in [6.45, 7) is 5.05. The summed E-state index contributed by atoms with van der Waals surface area (Å²) in [5.74, 6) is 3.50. The summed E-state index contributed by atoms with van der Waals surface area (Å²) >= 11 is 0. The first kappa shape index (κ1) is 11.5. The van der Waals surface area contributed by atoms with E-state index in [1.165, 1.54) is 5.56 Å². The van der Waals surface area contributed by atoms with Crippen LogP contribution in [-0.4, -0.2) is 18.6 Å². The molecule has 0 bridgehead atoms. The Kier molecular flexibility index (Phi) is 3.70. The summed E-state index contributed by atoms with van der Waals surface area (Å²) in [5.41, 5.74) is 8.94. The number of nitrogens with two attached hydrogens (primary N) is 1. The van der Waals surface area contributed by atoms with Gasteiger partial charge >= 0.3 is 0 Å². The van der Waals surface area contributed by atoms with E-state index >= 15 is 0 Å². The Morgan fingerprint density at radius 3 is 2.73 bits per heavy atom. The molecule has 15 heavy (non-hydrogen) atoms. The van der Waals surface area contributed by atoms with Gasteiger partial charge in [-0.05, 0) is 25.5 Å². The minimum atomic E-state index is 0.489. The largest absolute Gasteiger partial charge is 0.348 e. The van der Waals surface area contributed by atoms with Crippen LogP contribution in [0.1, 0.15) is 16.8 Å². The maximum absolute atomic E-state index is 5.72. The predicted octanol–water partition coefficient (Wildman–Crippen LogP) is 1.23. The van der Waals surface area contributed by atoms with Crippen LogP contribution in [0.5, 0.6) is 0 Å². The van der Waals surface area contributed by atoms with Crippen LogP contribution in [0.3, 0.4) is 0 Å². The molecule has 80 valence electrons. The van der Waals surface area contributed by atoms with E-state index in [1.807, 2.05) is 31.9 Å². The summed E-state index contributed by atoms with van der Waals surface area (Å²) in [6, 6.07) is 2.04. The molecule has 0 radical (unpaired) electrons. The maximum atomic E-state index is 5.72. The highest BCUT2D eigenvalue weighted by Gasteiger charge is 2.10. The van der Waals surface area contributed by atoms with Crippen molar-refractivity contribution in [3.63, 3.8) is 0 Å². The van der Waals surface area contributed by atoms with Gasteiger partial charge in [-0.25, -0.2) is 4.98 Å². The van der Waals surface area contributed by atoms with Gasteiger partial charge in [-0.15, -0.1) is 6.42 Å². The van der Waals surface area contributed by atoms with Gasteiger partial charge in [0.1, 0.15) is 5.82 Å². The second-order valence-corrected chi connectivity index (χ2v) is 3.65. The monoisotopic (exact) mass is 203 g/mol. The van der Waals surface area contributed by atoms with E-state index in [4.69, 9.17) is 12.2 Å². The lowest BCUT2D eigenvalue weighted by Gasteiger charge is -2.20. The summed E-state index contributed by atoms with van der Waals surface area (Å²) in [5, 5.41) is 0. The molecule has 0 spiro atoms. The number of pyridine rings is 1. The van der Waals surface area contributed by atoms with Crippen LogP contribution in [-0.2, 0) is 6.54 Å². The van der Waals surface area contributed by atoms with Crippen LogP contribution < -0.4 is 10.6 Å². The van der Waals surface area contributed by atoms with Crippen LogP contribution in [0.4, 0.5) is 5.82 Å². The van der Waals surface area contributed by atoms with E-state index in [1.54, 1.807) is 0 Å². The van der Waals surface area contributed by atoms with E-state index in [-0.39, 0.29) is 0 Å². The molecule has 3 heteroatoms. The quantitative estimate of drug-likeness (QED) is 0.751. The van der Waals surface area contributed by atoms with E-state index < -0.39 is 0 Å². The lowest BCUT2D eigenvalue weighted by atomic mass is 10.1. The summed E-state index contributed by atoms with van der Waals surface area (Å²) in [7, 11) is 1.93. The van der Waals surface area contributed by atoms with Crippen molar-refractivity contribution in [2.45, 2.75) is 20.4 Å². The van der Waals surface area contributed by atoms with Crippen molar-refractivity contribution in [2.24, 2.45) is 5.73 Å². The van der Waals surface area contributed by atoms with Crippen LogP contribution >= 0.6 is 0 Å². The van der Waals surface area contributed by atoms with Crippen LogP contribution in [0.15, 0.2) is 6.07 Å². The van der Waals surface area contributed by atoms with Crippen molar-refractivity contribution in [3.05, 3.63) is 22.9 Å². The van der Waals surface area contributed by atoms with Crippen molar-refractivity contribution in [2.75, 3.05) is 18.5 Å². The van der Waals surface area contributed by atoms with Gasteiger partial charge in [-0.2, -0.15) is 0 Å². The Bertz CT molecular complexity index is 391. The van der Waals surface area contributed by atoms with Crippen LogP contribution in [0.2, 0.25) is 0 Å². The Hall–Kier alpha value is -1.53. The van der Waals surface area contributed by atoms with Crippen molar-refractivity contribution >= 4 is 5.82 Å². The zero-order chi connectivity index (χ0) is 11.4. The standard InChI is InChI=1S/C12H17N3/c1-5-6-15(4)12-11(8-13)9(2)7-10(3)14-12/h1,7H,6,8,13H2,2-4H3. The van der Waals surface area contributed by atoms with E-state index in [0.29, 0.717) is 13.1 Å². The molecule has 0 aliphatic heterocycles. The zero-order valence-corrected chi connectivity index (χ0v) is 9.54. The molecule has 3 nitrogen and oxygen atoms in total. The topological polar surface area (TPSA) is 42.2 Å². The minimum absolute atomic E-state index is 0.489. The van der Waals surface area contributed by atoms with Gasteiger partial charge in [0.05, 0.1) is 6.54 Å². The van der Waals surface area contributed by atoms with Gasteiger partial charge in [-0.1, -0.05) is 5.92 Å². The molecule has 0 saturated heterocycles. The van der Waals surface area contributed by atoms with Crippen molar-refractivity contribution in [1.82, 2.24) is 4.98 Å². The number of terminal acetylenes is 1. The molecule has 0 aliphatic rings. The minimum Gasteiger partial charge on any atom is -0.348 e. The first-order valence-electron chi connectivity index (χ1n) is 4.92. The molecule has 1 aromatic rings. The van der Waals surface area contributed by atoms with Crippen molar-refractivity contribution in [3.8, 4) is 12.3 Å². The Morgan fingerprint density at radius 2 is 2.20 bits per heavy atom. The Balaban J connectivity index is 3.20. The van der Waals surface area contributed by atoms with Gasteiger partial charge in [0.2, 0.25) is 0 Å². The zero-order valence-electron chi connectivity index (χ0n) is 9.54. The summed E-state index contributed by atoms with van der Waals surface area (Å²) < 4.78 is 0. The molecule has 0 amide bonds. The Labute approximate surface area is 91.3 Å². The molecule has 0 fully saturated rings. The molecule has 1 rings (SSSR count). The third kappa shape index (κ3) is 2.48. The van der Waals surface area contributed by atoms with E-state index in [9.17, 15) is 0 Å². The number of aromatic nitrogens is 1. The van der Waals surface area contributed by atoms with Gasteiger partial charge in [0.25, 0.3) is 0 Å². The fourth-order valence-electron chi connectivity index (χ4n) is 1.62. The van der Waals surface area contributed by atoms with E-state index in [0.717, 1.165) is 17.1 Å². The molecule has 0 aliphatic carbocycles. The molecular formula is C12H17N3. The molecule has 0 unspecified atom stereocenters. The highest BCUT2D eigenvalue weighted by atomic mass is 15.2. The molecular weight excluding hydrogens is 186 g/mol. The number of hydrogen-bond acceptors (Lipinski definition) is 3. The maximum Gasteiger partial charge on any atom is 0.134 e. The number of hydrogen-bond donors (Lipinski definition) is 1. The lowest BCUT2D eigenvalue weighted by molar-refractivity contribution is 0.931. The Morgan fingerprint density at radius 1 is 1.53 bits per heavy atom. The average molecular weight is 203 g/mol. The fraction of sp³-hybridized carbons (Fsp3) is 0.417. The number of rotatable bonds is 3. The van der Waals surface area contributed by atoms with E-state index in [2.05, 4.69) is 10.9 Å². The van der Waals surface area contributed by atoms with Crippen LogP contribution in [0, 0.1) is 26.2 Å². The summed E-state index contributed by atoms with van der Waals surface area (Å²) in [6.07, 6.45) is 5.28. The molecule has 1 heterocycles. The molecule has 2 N–H and O–H groups in total. The van der Waals surface area contributed by atoms with Crippen molar-refractivity contribution in [1.29, 1.82) is 0 Å². The number of aryl methyl sites for hydroxylation is 2. The SMILES string of the molecule is C#CCN(C)c1nc(C)cc(C)c1CN. The van der Waals surface area contributed by atoms with Gasteiger partial charge < -0.3 is 10.6 Å². The van der Waals surface area contributed by atoms with Crippen molar-refractivity contribution < 1.29 is 0 Å². The van der Waals surface area contributed by atoms with Crippen LogP contribution in [0.25, 0.3) is 0 Å². The first-order valence-corrected chi connectivity index (χ1v) is 4.92. The van der Waals surface area contributed by atoms with Gasteiger partial charge in [0, 0.05) is 24.8 Å². The fourth-order valence-corrected chi connectivity index (χ4v) is 1.62. The van der Waals surface area contributed by atoms with Gasteiger partial charge in [0.15, 0.2) is 0 Å². The molecule has 1 aromatic heterocycles. The highest BCUT2D eigenvalue weighted by molar-refractivity contribution is 5.51. The smallest absolute Gasteiger partial charge is 0.134 e.